The smallest absolute Gasteiger partial charge is 0.276 e. The van der Waals surface area contributed by atoms with Crippen LogP contribution in [0.5, 0.6) is 0 Å². The average molecular weight is 278 g/mol. The fraction of sp³-hybridized carbons (Fsp3) is 0.250. The lowest BCUT2D eigenvalue weighted by Crippen LogP contribution is -2.19. The number of nitrogens with two attached hydrogens (primary N) is 1. The van der Waals surface area contributed by atoms with Crippen LogP contribution in [-0.2, 0) is 6.42 Å². The first-order valence-electron chi connectivity index (χ1n) is 5.74. The van der Waals surface area contributed by atoms with Crippen LogP contribution in [0.2, 0.25) is 0 Å². The van der Waals surface area contributed by atoms with Crippen LogP contribution in [0.4, 0.5) is 17.3 Å². The maximum absolute atomic E-state index is 10.7. The third-order valence-corrected chi connectivity index (χ3v) is 3.29. The number of thiophene rings is 1. The molecule has 3 N–H and O–H groups in total. The Morgan fingerprint density at radius 2 is 2.37 bits per heavy atom. The van der Waals surface area contributed by atoms with Crippen LogP contribution in [0.3, 0.4) is 0 Å². The van der Waals surface area contributed by atoms with Crippen LogP contribution in [0.15, 0.2) is 29.0 Å². The Labute approximate surface area is 114 Å². The molecule has 6 nitrogen and oxygen atoms in total. The third-order valence-electron chi connectivity index (χ3n) is 2.56. The zero-order valence-corrected chi connectivity index (χ0v) is 11.2. The summed E-state index contributed by atoms with van der Waals surface area (Å²) in [5.41, 5.74) is 6.72. The van der Waals surface area contributed by atoms with Gasteiger partial charge in [0, 0.05) is 6.04 Å². The highest BCUT2D eigenvalue weighted by atomic mass is 32.1. The molecule has 0 aromatic carbocycles. The maximum Gasteiger partial charge on any atom is 0.276 e. The molecule has 0 radical (unpaired) electrons. The van der Waals surface area contributed by atoms with E-state index in [0.29, 0.717) is 5.82 Å². The van der Waals surface area contributed by atoms with E-state index in [4.69, 9.17) is 5.73 Å². The van der Waals surface area contributed by atoms with Crippen molar-refractivity contribution in [2.75, 3.05) is 11.1 Å². The number of rotatable bonds is 5. The van der Waals surface area contributed by atoms with Crippen molar-refractivity contribution in [3.63, 3.8) is 0 Å². The van der Waals surface area contributed by atoms with Gasteiger partial charge in [-0.25, -0.2) is 4.98 Å². The summed E-state index contributed by atoms with van der Waals surface area (Å²) >= 11 is 1.64. The van der Waals surface area contributed by atoms with Gasteiger partial charge in [0.15, 0.2) is 0 Å². The van der Waals surface area contributed by atoms with Gasteiger partial charge < -0.3 is 11.1 Å². The number of anilines is 2. The van der Waals surface area contributed by atoms with Crippen LogP contribution in [0.1, 0.15) is 12.5 Å². The molecule has 7 heteroatoms. The van der Waals surface area contributed by atoms with E-state index in [2.05, 4.69) is 21.7 Å². The first kappa shape index (κ1) is 13.3. The molecular formula is C12H14N4O2S. The highest BCUT2D eigenvalue weighted by Gasteiger charge is 2.11. The van der Waals surface area contributed by atoms with E-state index in [-0.39, 0.29) is 17.5 Å². The van der Waals surface area contributed by atoms with E-state index in [0.717, 1.165) is 6.42 Å². The summed E-state index contributed by atoms with van der Waals surface area (Å²) in [4.78, 5) is 14.3. The van der Waals surface area contributed by atoms with Gasteiger partial charge in [-0.2, -0.15) is 11.3 Å². The molecular weight excluding hydrogens is 264 g/mol. The minimum atomic E-state index is -0.479. The first-order valence-corrected chi connectivity index (χ1v) is 6.68. The highest BCUT2D eigenvalue weighted by Crippen LogP contribution is 2.20. The number of hydrogen-bond acceptors (Lipinski definition) is 6. The highest BCUT2D eigenvalue weighted by molar-refractivity contribution is 7.07. The molecule has 1 unspecified atom stereocenters. The monoisotopic (exact) mass is 278 g/mol. The van der Waals surface area contributed by atoms with E-state index < -0.39 is 4.92 Å². The number of hydrogen-bond donors (Lipinski definition) is 2. The van der Waals surface area contributed by atoms with Crippen molar-refractivity contribution in [1.82, 2.24) is 4.98 Å². The van der Waals surface area contributed by atoms with Gasteiger partial charge in [0.2, 0.25) is 0 Å². The molecule has 0 spiro atoms. The molecule has 0 aliphatic carbocycles. The molecule has 0 aliphatic heterocycles. The number of nitro groups is 1. The summed E-state index contributed by atoms with van der Waals surface area (Å²) in [6.45, 7) is 1.99. The normalized spacial score (nSPS) is 12.1. The minimum absolute atomic E-state index is 0.0577. The molecule has 2 aromatic heterocycles. The molecule has 2 heterocycles. The van der Waals surface area contributed by atoms with Gasteiger partial charge in [-0.3, -0.25) is 10.1 Å². The Morgan fingerprint density at radius 3 is 3.00 bits per heavy atom. The third kappa shape index (κ3) is 3.65. The molecule has 2 rings (SSSR count). The van der Waals surface area contributed by atoms with Gasteiger partial charge in [-0.15, -0.1) is 0 Å². The first-order chi connectivity index (χ1) is 9.04. The topological polar surface area (TPSA) is 94.1 Å². The van der Waals surface area contributed by atoms with Crippen LogP contribution in [0.25, 0.3) is 0 Å². The number of nitrogens with zero attached hydrogens (tertiary/aromatic N) is 2. The molecule has 100 valence electrons. The molecule has 19 heavy (non-hydrogen) atoms. The predicted molar refractivity (Wildman–Crippen MR) is 76.4 cm³/mol. The average Bonchev–Trinajstić information content (AvgIpc) is 2.80. The summed E-state index contributed by atoms with van der Waals surface area (Å²) in [5, 5.41) is 18.0. The largest absolute Gasteiger partial charge is 0.383 e. The van der Waals surface area contributed by atoms with E-state index in [1.165, 1.54) is 17.7 Å². The van der Waals surface area contributed by atoms with Gasteiger partial charge in [-0.05, 0) is 35.7 Å². The van der Waals surface area contributed by atoms with Gasteiger partial charge >= 0.3 is 0 Å². The lowest BCUT2D eigenvalue weighted by molar-refractivity contribution is -0.384. The van der Waals surface area contributed by atoms with Crippen molar-refractivity contribution >= 4 is 28.7 Å². The second-order valence-electron chi connectivity index (χ2n) is 4.27. The zero-order valence-electron chi connectivity index (χ0n) is 10.4. The second kappa shape index (κ2) is 5.66. The van der Waals surface area contributed by atoms with Crippen molar-refractivity contribution in [3.05, 3.63) is 44.6 Å². The fourth-order valence-corrected chi connectivity index (χ4v) is 2.46. The molecule has 0 fully saturated rings. The van der Waals surface area contributed by atoms with Crippen molar-refractivity contribution in [3.8, 4) is 0 Å². The summed E-state index contributed by atoms with van der Waals surface area (Å²) in [6, 6.07) is 4.80. The van der Waals surface area contributed by atoms with E-state index in [1.54, 1.807) is 11.3 Å². The SMILES string of the molecule is CC(Cc1ccsc1)Nc1cc([N+](=O)[O-])cc(N)n1. The Bertz CT molecular complexity index is 571. The van der Waals surface area contributed by atoms with Crippen LogP contribution in [-0.4, -0.2) is 15.9 Å². The summed E-state index contributed by atoms with van der Waals surface area (Å²) in [6.07, 6.45) is 0.827. The van der Waals surface area contributed by atoms with E-state index >= 15 is 0 Å². The van der Waals surface area contributed by atoms with Crippen molar-refractivity contribution in [2.45, 2.75) is 19.4 Å². The number of nitrogen functional groups attached to an aromatic ring is 1. The lowest BCUT2D eigenvalue weighted by Gasteiger charge is -2.13. The summed E-state index contributed by atoms with van der Waals surface area (Å²) in [5.74, 6) is 0.564. The summed E-state index contributed by atoms with van der Waals surface area (Å²) < 4.78 is 0. The second-order valence-corrected chi connectivity index (χ2v) is 5.05. The molecule has 1 atom stereocenters. The molecule has 0 bridgehead atoms. The van der Waals surface area contributed by atoms with Crippen LogP contribution >= 0.6 is 11.3 Å². The van der Waals surface area contributed by atoms with Crippen molar-refractivity contribution in [2.24, 2.45) is 0 Å². The van der Waals surface area contributed by atoms with Crippen molar-refractivity contribution < 1.29 is 4.92 Å². The van der Waals surface area contributed by atoms with Crippen LogP contribution < -0.4 is 11.1 Å². The molecule has 0 aliphatic rings. The van der Waals surface area contributed by atoms with E-state index in [1.807, 2.05) is 12.3 Å². The number of nitrogens with one attached hydrogen (secondary N) is 1. The molecule has 2 aromatic rings. The Kier molecular flexibility index (Phi) is 3.96. The Morgan fingerprint density at radius 1 is 1.58 bits per heavy atom. The van der Waals surface area contributed by atoms with Gasteiger partial charge in [0.25, 0.3) is 5.69 Å². The Hall–Kier alpha value is -2.15. The summed E-state index contributed by atoms with van der Waals surface area (Å²) in [7, 11) is 0. The molecule has 0 saturated carbocycles. The van der Waals surface area contributed by atoms with Gasteiger partial charge in [0.05, 0.1) is 17.1 Å². The molecule has 0 amide bonds. The zero-order chi connectivity index (χ0) is 13.8. The number of pyridine rings is 1. The fourth-order valence-electron chi connectivity index (χ4n) is 1.78. The standard InChI is InChI=1S/C12H14N4O2S/c1-8(4-9-2-3-19-7-9)14-12-6-10(16(17)18)5-11(13)15-12/h2-3,5-8H,4H2,1H3,(H3,13,14,15). The van der Waals surface area contributed by atoms with Crippen molar-refractivity contribution in [1.29, 1.82) is 0 Å². The lowest BCUT2D eigenvalue weighted by atomic mass is 10.1. The number of aromatic nitrogens is 1. The minimum Gasteiger partial charge on any atom is -0.383 e. The van der Waals surface area contributed by atoms with Gasteiger partial charge in [0.1, 0.15) is 11.6 Å². The molecule has 0 saturated heterocycles. The maximum atomic E-state index is 10.7. The quantitative estimate of drug-likeness (QED) is 0.647. The Balaban J connectivity index is 2.08. The van der Waals surface area contributed by atoms with Gasteiger partial charge in [-0.1, -0.05) is 0 Å². The van der Waals surface area contributed by atoms with E-state index in [9.17, 15) is 10.1 Å². The predicted octanol–water partition coefficient (Wildman–Crippen LogP) is 2.68. The van der Waals surface area contributed by atoms with Crippen LogP contribution in [0, 0.1) is 10.1 Å².